The molecule has 0 unspecified atom stereocenters. The molecule has 1 aromatic carbocycles. The molecule has 2 aromatic rings. The first-order chi connectivity index (χ1) is 9.78. The number of hydrogen-bond donors (Lipinski definition) is 1. The maximum absolute atomic E-state index is 5.92. The van der Waals surface area contributed by atoms with Crippen molar-refractivity contribution < 1.29 is 9.15 Å². The molecule has 3 rings (SSSR count). The number of fused-ring (bicyclic) bond motifs is 1. The first-order valence-electron chi connectivity index (χ1n) is 7.56. The smallest absolute Gasteiger partial charge is 0.176 e. The summed E-state index contributed by atoms with van der Waals surface area (Å²) in [5.41, 5.74) is 0.848. The van der Waals surface area contributed by atoms with Gasteiger partial charge in [0.15, 0.2) is 11.3 Å². The second-order valence-corrected chi connectivity index (χ2v) is 5.81. The minimum atomic E-state index is 0.563. The van der Waals surface area contributed by atoms with E-state index in [-0.39, 0.29) is 0 Å². The molecule has 1 aliphatic carbocycles. The third-order valence-electron chi connectivity index (χ3n) is 4.48. The third-order valence-corrected chi connectivity index (χ3v) is 4.48. The van der Waals surface area contributed by atoms with E-state index in [0.717, 1.165) is 34.9 Å². The second kappa shape index (κ2) is 5.88. The summed E-state index contributed by atoms with van der Waals surface area (Å²) in [4.78, 5) is 0. The topological polar surface area (TPSA) is 34.4 Å². The van der Waals surface area contributed by atoms with Gasteiger partial charge in [-0.1, -0.05) is 25.0 Å². The lowest BCUT2D eigenvalue weighted by Crippen LogP contribution is -2.31. The lowest BCUT2D eigenvalue weighted by Gasteiger charge is -2.19. The first kappa shape index (κ1) is 13.5. The Kier molecular flexibility index (Phi) is 3.97. The lowest BCUT2D eigenvalue weighted by atomic mass is 10.00. The number of furan rings is 1. The van der Waals surface area contributed by atoms with Gasteiger partial charge in [-0.3, -0.25) is 0 Å². The zero-order valence-electron chi connectivity index (χ0n) is 12.3. The maximum Gasteiger partial charge on any atom is 0.176 e. The van der Waals surface area contributed by atoms with E-state index in [1.807, 2.05) is 12.1 Å². The van der Waals surface area contributed by atoms with E-state index < -0.39 is 0 Å². The standard InChI is InChI=1S/C17H23NO2/c1-12(13-6-3-4-7-13)18-11-15-10-14-8-5-9-16(19-2)17(14)20-15/h5,8-10,12-13,18H,3-4,6-7,11H2,1-2H3/t12-/m1/s1. The quantitative estimate of drug-likeness (QED) is 0.890. The van der Waals surface area contributed by atoms with Gasteiger partial charge >= 0.3 is 0 Å². The molecule has 1 aromatic heterocycles. The van der Waals surface area contributed by atoms with Gasteiger partial charge in [-0.15, -0.1) is 0 Å². The van der Waals surface area contributed by atoms with Crippen LogP contribution in [0.1, 0.15) is 38.4 Å². The molecule has 1 atom stereocenters. The first-order valence-corrected chi connectivity index (χ1v) is 7.56. The molecule has 0 radical (unpaired) electrons. The Labute approximate surface area is 120 Å². The molecule has 0 aliphatic heterocycles. The van der Waals surface area contributed by atoms with Crippen LogP contribution in [0.5, 0.6) is 5.75 Å². The van der Waals surface area contributed by atoms with Crippen LogP contribution in [-0.2, 0) is 6.54 Å². The highest BCUT2D eigenvalue weighted by Crippen LogP contribution is 2.30. The minimum absolute atomic E-state index is 0.563. The average molecular weight is 273 g/mol. The van der Waals surface area contributed by atoms with Crippen LogP contribution in [0.2, 0.25) is 0 Å². The monoisotopic (exact) mass is 273 g/mol. The van der Waals surface area contributed by atoms with Gasteiger partial charge in [0.1, 0.15) is 5.76 Å². The van der Waals surface area contributed by atoms with E-state index in [1.54, 1.807) is 7.11 Å². The maximum atomic E-state index is 5.92. The molecule has 20 heavy (non-hydrogen) atoms. The molecule has 0 spiro atoms. The van der Waals surface area contributed by atoms with Crippen LogP contribution < -0.4 is 10.1 Å². The van der Waals surface area contributed by atoms with Crippen molar-refractivity contribution >= 4 is 11.0 Å². The van der Waals surface area contributed by atoms with Gasteiger partial charge in [-0.2, -0.15) is 0 Å². The van der Waals surface area contributed by atoms with E-state index in [0.29, 0.717) is 6.04 Å². The van der Waals surface area contributed by atoms with E-state index in [9.17, 15) is 0 Å². The molecular weight excluding hydrogens is 250 g/mol. The Morgan fingerprint density at radius 2 is 2.15 bits per heavy atom. The van der Waals surface area contributed by atoms with Crippen LogP contribution in [0.4, 0.5) is 0 Å². The van der Waals surface area contributed by atoms with E-state index in [4.69, 9.17) is 9.15 Å². The Bertz CT molecular complexity index is 569. The minimum Gasteiger partial charge on any atom is -0.493 e. The summed E-state index contributed by atoms with van der Waals surface area (Å²) in [6, 6.07) is 8.66. The van der Waals surface area contributed by atoms with Gasteiger partial charge in [0.25, 0.3) is 0 Å². The highest BCUT2D eigenvalue weighted by molar-refractivity contribution is 5.83. The van der Waals surface area contributed by atoms with Gasteiger partial charge in [0.2, 0.25) is 0 Å². The molecule has 3 nitrogen and oxygen atoms in total. The largest absolute Gasteiger partial charge is 0.493 e. The lowest BCUT2D eigenvalue weighted by molar-refractivity contribution is 0.363. The summed E-state index contributed by atoms with van der Waals surface area (Å²) in [5, 5.41) is 4.71. The fraction of sp³-hybridized carbons (Fsp3) is 0.529. The fourth-order valence-electron chi connectivity index (χ4n) is 3.22. The fourth-order valence-corrected chi connectivity index (χ4v) is 3.22. The van der Waals surface area contributed by atoms with Crippen LogP contribution >= 0.6 is 0 Å². The van der Waals surface area contributed by atoms with Crippen LogP contribution in [0.25, 0.3) is 11.0 Å². The summed E-state index contributed by atoms with van der Waals surface area (Å²) in [6.07, 6.45) is 5.50. The van der Waals surface area contributed by atoms with Crippen molar-refractivity contribution in [3.05, 3.63) is 30.0 Å². The van der Waals surface area contributed by atoms with Crippen molar-refractivity contribution in [2.45, 2.75) is 45.2 Å². The van der Waals surface area contributed by atoms with E-state index >= 15 is 0 Å². The summed E-state index contributed by atoms with van der Waals surface area (Å²) in [6.45, 7) is 3.08. The molecule has 0 saturated heterocycles. The average Bonchev–Trinajstić information content (AvgIpc) is 3.12. The number of rotatable bonds is 5. The molecule has 1 N–H and O–H groups in total. The van der Waals surface area contributed by atoms with Gasteiger partial charge in [-0.05, 0) is 37.8 Å². The zero-order chi connectivity index (χ0) is 13.9. The van der Waals surface area contributed by atoms with Crippen molar-refractivity contribution in [1.82, 2.24) is 5.32 Å². The van der Waals surface area contributed by atoms with Crippen molar-refractivity contribution in [2.75, 3.05) is 7.11 Å². The molecular formula is C17H23NO2. The Morgan fingerprint density at radius 3 is 2.90 bits per heavy atom. The van der Waals surface area contributed by atoms with Crippen molar-refractivity contribution in [3.8, 4) is 5.75 Å². The molecule has 0 amide bonds. The number of benzene rings is 1. The Hall–Kier alpha value is -1.48. The van der Waals surface area contributed by atoms with E-state index in [1.165, 1.54) is 25.7 Å². The SMILES string of the molecule is COc1cccc2cc(CN[C@H](C)C3CCCC3)oc12. The number of para-hydroxylation sites is 1. The van der Waals surface area contributed by atoms with Crippen molar-refractivity contribution in [2.24, 2.45) is 5.92 Å². The molecule has 108 valence electrons. The van der Waals surface area contributed by atoms with Gasteiger partial charge in [0.05, 0.1) is 13.7 Å². The Morgan fingerprint density at radius 1 is 1.35 bits per heavy atom. The van der Waals surface area contributed by atoms with Crippen LogP contribution in [0.15, 0.2) is 28.7 Å². The molecule has 1 fully saturated rings. The van der Waals surface area contributed by atoms with Crippen LogP contribution in [0.3, 0.4) is 0 Å². The third kappa shape index (κ3) is 2.68. The van der Waals surface area contributed by atoms with Crippen molar-refractivity contribution in [3.63, 3.8) is 0 Å². The number of ether oxygens (including phenoxy) is 1. The molecule has 1 aliphatic rings. The number of methoxy groups -OCH3 is 1. The molecule has 0 bridgehead atoms. The van der Waals surface area contributed by atoms with Gasteiger partial charge in [-0.25, -0.2) is 0 Å². The highest BCUT2D eigenvalue weighted by Gasteiger charge is 2.21. The summed E-state index contributed by atoms with van der Waals surface area (Å²) in [5.74, 6) is 2.61. The van der Waals surface area contributed by atoms with Crippen LogP contribution in [0, 0.1) is 5.92 Å². The zero-order valence-corrected chi connectivity index (χ0v) is 12.3. The Balaban J connectivity index is 1.68. The van der Waals surface area contributed by atoms with Gasteiger partial charge < -0.3 is 14.5 Å². The summed E-state index contributed by atoms with van der Waals surface area (Å²) < 4.78 is 11.2. The summed E-state index contributed by atoms with van der Waals surface area (Å²) >= 11 is 0. The molecule has 3 heteroatoms. The highest BCUT2D eigenvalue weighted by atomic mass is 16.5. The second-order valence-electron chi connectivity index (χ2n) is 5.81. The molecule has 1 saturated carbocycles. The normalized spacial score (nSPS) is 17.7. The van der Waals surface area contributed by atoms with Crippen molar-refractivity contribution in [1.29, 1.82) is 0 Å². The predicted octanol–water partition coefficient (Wildman–Crippen LogP) is 4.11. The number of nitrogens with one attached hydrogen (secondary N) is 1. The number of hydrogen-bond acceptors (Lipinski definition) is 3. The van der Waals surface area contributed by atoms with Crippen LogP contribution in [-0.4, -0.2) is 13.2 Å². The summed E-state index contributed by atoms with van der Waals surface area (Å²) in [7, 11) is 1.68. The molecule has 1 heterocycles. The van der Waals surface area contributed by atoms with E-state index in [2.05, 4.69) is 24.4 Å². The van der Waals surface area contributed by atoms with Gasteiger partial charge in [0, 0.05) is 11.4 Å². The predicted molar refractivity (Wildman–Crippen MR) is 81.0 cm³/mol.